The second-order valence-corrected chi connectivity index (χ2v) is 8.93. The molecule has 0 radical (unpaired) electrons. The number of hydrogen-bond donors (Lipinski definition) is 4. The minimum Gasteiger partial charge on any atom is -0.352 e. The number of imide groups is 1. The van der Waals surface area contributed by atoms with Gasteiger partial charge >= 0.3 is 6.03 Å². The molecule has 1 saturated heterocycles. The third-order valence-electron chi connectivity index (χ3n) is 5.57. The van der Waals surface area contributed by atoms with E-state index in [2.05, 4.69) is 21.3 Å². The molecule has 1 spiro atoms. The van der Waals surface area contributed by atoms with Gasteiger partial charge in [0.2, 0.25) is 5.91 Å². The van der Waals surface area contributed by atoms with Crippen LogP contribution in [0.15, 0.2) is 0 Å². The first-order valence-electron chi connectivity index (χ1n) is 9.78. The van der Waals surface area contributed by atoms with Crippen molar-refractivity contribution < 1.29 is 19.2 Å². The maximum Gasteiger partial charge on any atom is 0.322 e. The van der Waals surface area contributed by atoms with E-state index in [0.717, 1.165) is 29.7 Å². The maximum absolute atomic E-state index is 13.0. The van der Waals surface area contributed by atoms with E-state index in [9.17, 15) is 19.2 Å². The van der Waals surface area contributed by atoms with Crippen LogP contribution in [0.1, 0.15) is 59.8 Å². The van der Waals surface area contributed by atoms with E-state index in [1.807, 2.05) is 6.92 Å². The van der Waals surface area contributed by atoms with Crippen LogP contribution in [0.2, 0.25) is 0 Å². The molecule has 5 amide bonds. The summed E-state index contributed by atoms with van der Waals surface area (Å²) in [4.78, 5) is 50.2. The van der Waals surface area contributed by atoms with Gasteiger partial charge < -0.3 is 16.0 Å². The topological polar surface area (TPSA) is 116 Å². The summed E-state index contributed by atoms with van der Waals surface area (Å²) in [6.07, 6.45) is 4.65. The normalized spacial score (nSPS) is 23.2. The maximum atomic E-state index is 13.0. The molecular formula is C19H24N4O4S. The zero-order valence-corrected chi connectivity index (χ0v) is 16.6. The van der Waals surface area contributed by atoms with Crippen LogP contribution in [-0.2, 0) is 22.4 Å². The molecule has 9 heteroatoms. The molecule has 1 atom stereocenters. The van der Waals surface area contributed by atoms with Gasteiger partial charge in [-0.2, -0.15) is 0 Å². The smallest absolute Gasteiger partial charge is 0.322 e. The molecule has 0 aromatic carbocycles. The first-order valence-corrected chi connectivity index (χ1v) is 10.6. The third-order valence-corrected chi connectivity index (χ3v) is 6.78. The fourth-order valence-corrected chi connectivity index (χ4v) is 5.07. The Morgan fingerprint density at radius 3 is 2.71 bits per heavy atom. The highest BCUT2D eigenvalue weighted by Crippen LogP contribution is 2.42. The van der Waals surface area contributed by atoms with Crippen molar-refractivity contribution in [2.45, 2.75) is 57.4 Å². The quantitative estimate of drug-likeness (QED) is 0.540. The number of fused-ring (bicyclic) bond motifs is 1. The number of carbonyl (C=O) groups is 4. The van der Waals surface area contributed by atoms with Crippen molar-refractivity contribution in [2.24, 2.45) is 5.92 Å². The molecule has 1 aromatic heterocycles. The van der Waals surface area contributed by atoms with Crippen molar-refractivity contribution in [1.29, 1.82) is 0 Å². The number of carbonyl (C=O) groups excluding carboxylic acids is 4. The molecule has 8 nitrogen and oxygen atoms in total. The Hall–Kier alpha value is -2.42. The van der Waals surface area contributed by atoms with E-state index in [4.69, 9.17) is 0 Å². The predicted molar refractivity (Wildman–Crippen MR) is 104 cm³/mol. The van der Waals surface area contributed by atoms with Crippen LogP contribution < -0.4 is 21.3 Å². The van der Waals surface area contributed by atoms with E-state index in [1.54, 1.807) is 0 Å². The van der Waals surface area contributed by atoms with Gasteiger partial charge in [-0.1, -0.05) is 6.92 Å². The first kappa shape index (κ1) is 18.9. The lowest BCUT2D eigenvalue weighted by Crippen LogP contribution is -2.51. The summed E-state index contributed by atoms with van der Waals surface area (Å²) in [7, 11) is 0. The Morgan fingerprint density at radius 2 is 2.07 bits per heavy atom. The van der Waals surface area contributed by atoms with E-state index >= 15 is 0 Å². The lowest BCUT2D eigenvalue weighted by atomic mass is 9.80. The van der Waals surface area contributed by atoms with Crippen LogP contribution in [0.4, 0.5) is 9.80 Å². The Bertz CT molecular complexity index is 860. The van der Waals surface area contributed by atoms with Crippen LogP contribution in [-0.4, -0.2) is 35.8 Å². The van der Waals surface area contributed by atoms with Gasteiger partial charge in [-0.15, -0.1) is 11.3 Å². The fraction of sp³-hybridized carbons (Fsp3) is 0.579. The average Bonchev–Trinajstić information content (AvgIpc) is 3.34. The zero-order chi connectivity index (χ0) is 19.9. The minimum absolute atomic E-state index is 0.126. The molecule has 1 saturated carbocycles. The Balaban J connectivity index is 1.65. The second kappa shape index (κ2) is 7.20. The summed E-state index contributed by atoms with van der Waals surface area (Å²) in [6.45, 7) is 2.54. The van der Waals surface area contributed by atoms with Crippen LogP contribution >= 0.6 is 11.3 Å². The zero-order valence-electron chi connectivity index (χ0n) is 15.8. The Morgan fingerprint density at radius 1 is 1.29 bits per heavy atom. The van der Waals surface area contributed by atoms with Gasteiger partial charge in [-0.25, -0.2) is 4.79 Å². The third kappa shape index (κ3) is 3.50. The van der Waals surface area contributed by atoms with Crippen molar-refractivity contribution >= 4 is 40.1 Å². The lowest BCUT2D eigenvalue weighted by Gasteiger charge is -2.30. The van der Waals surface area contributed by atoms with Crippen molar-refractivity contribution in [1.82, 2.24) is 16.0 Å². The summed E-state index contributed by atoms with van der Waals surface area (Å²) >= 11 is 1.40. The number of rotatable bonds is 6. The molecular weight excluding hydrogens is 380 g/mol. The summed E-state index contributed by atoms with van der Waals surface area (Å²) < 4.78 is 0. The van der Waals surface area contributed by atoms with Crippen molar-refractivity contribution in [2.75, 3.05) is 11.9 Å². The lowest BCUT2D eigenvalue weighted by molar-refractivity contribution is -0.124. The number of urea groups is 1. The molecule has 150 valence electrons. The number of nitrogens with one attached hydrogen (secondary N) is 4. The molecule has 1 aliphatic heterocycles. The molecule has 2 fully saturated rings. The van der Waals surface area contributed by atoms with Crippen molar-refractivity contribution in [3.63, 3.8) is 0 Å². The SMILES string of the molecule is CCCC(=O)Nc1sc2c(c1C(=O)NCC1CC1)CC1(CC2)NC(=O)NC1=O. The van der Waals surface area contributed by atoms with Crippen LogP contribution in [0, 0.1) is 5.92 Å². The standard InChI is InChI=1S/C19H24N4O4S/c1-2-3-13(24)21-16-14(15(25)20-9-10-4-5-10)11-8-19(7-6-12(11)28-16)17(26)22-18(27)23-19/h10H,2-9H2,1H3,(H,20,25)(H,21,24)(H2,22,23,26,27). The number of amides is 5. The highest BCUT2D eigenvalue weighted by molar-refractivity contribution is 7.17. The van der Waals surface area contributed by atoms with Crippen LogP contribution in [0.3, 0.4) is 0 Å². The van der Waals surface area contributed by atoms with Gasteiger partial charge in [0.15, 0.2) is 0 Å². The molecule has 1 unspecified atom stereocenters. The average molecular weight is 404 g/mol. The van der Waals surface area contributed by atoms with Gasteiger partial charge in [0.1, 0.15) is 10.5 Å². The fourth-order valence-electron chi connectivity index (χ4n) is 3.84. The van der Waals surface area contributed by atoms with E-state index in [0.29, 0.717) is 42.3 Å². The Kier molecular flexibility index (Phi) is 4.86. The number of thiophene rings is 1. The van der Waals surface area contributed by atoms with Crippen molar-refractivity contribution in [3.05, 3.63) is 16.0 Å². The second-order valence-electron chi connectivity index (χ2n) is 7.83. The molecule has 2 aliphatic carbocycles. The summed E-state index contributed by atoms with van der Waals surface area (Å²) in [6, 6.07) is -0.500. The predicted octanol–water partition coefficient (Wildman–Crippen LogP) is 1.69. The Labute approximate surface area is 166 Å². The molecule has 3 aliphatic rings. The van der Waals surface area contributed by atoms with Gasteiger partial charge in [-0.05, 0) is 43.6 Å². The highest BCUT2D eigenvalue weighted by atomic mass is 32.1. The van der Waals surface area contributed by atoms with E-state index in [-0.39, 0.29) is 24.1 Å². The van der Waals surface area contributed by atoms with Gasteiger partial charge in [0.05, 0.1) is 5.56 Å². The van der Waals surface area contributed by atoms with Crippen LogP contribution in [0.25, 0.3) is 0 Å². The minimum atomic E-state index is -1.01. The number of aryl methyl sites for hydroxylation is 1. The number of hydrogen-bond acceptors (Lipinski definition) is 5. The van der Waals surface area contributed by atoms with Gasteiger partial charge in [0, 0.05) is 24.3 Å². The molecule has 4 N–H and O–H groups in total. The highest BCUT2D eigenvalue weighted by Gasteiger charge is 2.49. The summed E-state index contributed by atoms with van der Waals surface area (Å²) in [5, 5.41) is 11.4. The summed E-state index contributed by atoms with van der Waals surface area (Å²) in [5.74, 6) is -0.171. The van der Waals surface area contributed by atoms with Crippen molar-refractivity contribution in [3.8, 4) is 0 Å². The van der Waals surface area contributed by atoms with Gasteiger partial charge in [-0.3, -0.25) is 19.7 Å². The molecule has 0 bridgehead atoms. The first-order chi connectivity index (χ1) is 13.4. The van der Waals surface area contributed by atoms with E-state index in [1.165, 1.54) is 11.3 Å². The molecule has 4 rings (SSSR count). The largest absolute Gasteiger partial charge is 0.352 e. The summed E-state index contributed by atoms with van der Waals surface area (Å²) in [5.41, 5.74) is 0.188. The molecule has 1 aromatic rings. The van der Waals surface area contributed by atoms with Gasteiger partial charge in [0.25, 0.3) is 11.8 Å². The van der Waals surface area contributed by atoms with Crippen LogP contribution in [0.5, 0.6) is 0 Å². The van der Waals surface area contributed by atoms with E-state index < -0.39 is 11.6 Å². The number of anilines is 1. The molecule has 28 heavy (non-hydrogen) atoms. The monoisotopic (exact) mass is 404 g/mol. The molecule has 2 heterocycles.